The Balaban J connectivity index is 1.42. The molecule has 1 aromatic carbocycles. The Morgan fingerprint density at radius 3 is 2.83 bits per heavy atom. The fourth-order valence-corrected chi connectivity index (χ4v) is 4.38. The number of thiocarbonyl (C=S) groups is 1. The molecule has 2 saturated heterocycles. The molecule has 2 aliphatic rings. The number of piperazine rings is 1. The van der Waals surface area contributed by atoms with Gasteiger partial charge in [-0.05, 0) is 37.5 Å². The number of aromatic nitrogens is 1. The summed E-state index contributed by atoms with van der Waals surface area (Å²) in [5.74, 6) is 0.462. The molecule has 1 unspecified atom stereocenters. The van der Waals surface area contributed by atoms with Gasteiger partial charge in [0.05, 0.1) is 16.5 Å². The van der Waals surface area contributed by atoms with E-state index in [2.05, 4.69) is 20.5 Å². The average molecular weight is 433 g/mol. The summed E-state index contributed by atoms with van der Waals surface area (Å²) in [6.07, 6.45) is 3.04. The molecule has 2 aromatic rings. The first-order valence-electron chi connectivity index (χ1n) is 9.95. The van der Waals surface area contributed by atoms with E-state index in [1.54, 1.807) is 0 Å². The number of rotatable bonds is 2. The molecule has 2 amide bonds. The number of nitrogen functional groups attached to an aromatic ring is 1. The molecule has 0 radical (unpaired) electrons. The minimum absolute atomic E-state index is 0.0495. The van der Waals surface area contributed by atoms with Crippen molar-refractivity contribution >= 4 is 57.2 Å². The Kier molecular flexibility index (Phi) is 5.91. The van der Waals surface area contributed by atoms with Gasteiger partial charge in [0.15, 0.2) is 0 Å². The lowest BCUT2D eigenvalue weighted by Gasteiger charge is -2.37. The van der Waals surface area contributed by atoms with E-state index in [9.17, 15) is 4.79 Å². The number of carbonyl (C=O) groups is 1. The van der Waals surface area contributed by atoms with Crippen molar-refractivity contribution in [3.05, 3.63) is 29.3 Å². The summed E-state index contributed by atoms with van der Waals surface area (Å²) in [5.41, 5.74) is 7.82. The van der Waals surface area contributed by atoms with Crippen molar-refractivity contribution in [1.29, 1.82) is 0 Å². The van der Waals surface area contributed by atoms with Crippen LogP contribution in [0.5, 0.6) is 0 Å². The molecule has 4 rings (SSSR count). The number of anilines is 2. The third kappa shape index (κ3) is 4.48. The minimum Gasteiger partial charge on any atom is -0.384 e. The molecular formula is C20H25ClN6OS. The molecule has 0 bridgehead atoms. The van der Waals surface area contributed by atoms with Gasteiger partial charge in [0.25, 0.3) is 0 Å². The Bertz CT molecular complexity index is 925. The molecule has 1 aromatic heterocycles. The number of halogens is 1. The van der Waals surface area contributed by atoms with Crippen LogP contribution in [0, 0.1) is 0 Å². The van der Waals surface area contributed by atoms with Gasteiger partial charge >= 0.3 is 6.03 Å². The van der Waals surface area contributed by atoms with Crippen LogP contribution in [0.2, 0.25) is 5.02 Å². The summed E-state index contributed by atoms with van der Waals surface area (Å²) >= 11 is 11.5. The Morgan fingerprint density at radius 1 is 1.24 bits per heavy atom. The number of fused-ring (bicyclic) bond motifs is 1. The van der Waals surface area contributed by atoms with Gasteiger partial charge in [-0.3, -0.25) is 0 Å². The van der Waals surface area contributed by atoms with Crippen LogP contribution < -0.4 is 21.3 Å². The minimum atomic E-state index is -0.0771. The highest BCUT2D eigenvalue weighted by Crippen LogP contribution is 2.30. The van der Waals surface area contributed by atoms with Gasteiger partial charge < -0.3 is 26.2 Å². The monoisotopic (exact) mass is 432 g/mol. The molecule has 7 nitrogen and oxygen atoms in total. The van der Waals surface area contributed by atoms with Crippen molar-refractivity contribution in [2.45, 2.75) is 25.3 Å². The lowest BCUT2D eigenvalue weighted by molar-refractivity contribution is 0.192. The first-order valence-corrected chi connectivity index (χ1v) is 10.7. The maximum absolute atomic E-state index is 12.7. The quantitative estimate of drug-likeness (QED) is 0.632. The second-order valence-electron chi connectivity index (χ2n) is 7.49. The van der Waals surface area contributed by atoms with E-state index in [-0.39, 0.29) is 12.1 Å². The van der Waals surface area contributed by atoms with Crippen molar-refractivity contribution in [3.8, 4) is 0 Å². The molecule has 0 spiro atoms. The number of amides is 2. The number of nitrogens with two attached hydrogens (primary N) is 1. The predicted molar refractivity (Wildman–Crippen MR) is 122 cm³/mol. The third-order valence-electron chi connectivity index (χ3n) is 5.51. The number of nitrogens with one attached hydrogen (secondary N) is 2. The molecule has 9 heteroatoms. The zero-order valence-electron chi connectivity index (χ0n) is 16.2. The number of nitrogens with zero attached hydrogens (tertiary/aromatic N) is 3. The summed E-state index contributed by atoms with van der Waals surface area (Å²) in [6.45, 7) is 3.61. The molecule has 1 atom stereocenters. The lowest BCUT2D eigenvalue weighted by atomic mass is 10.1. The van der Waals surface area contributed by atoms with Crippen LogP contribution in [0.15, 0.2) is 24.3 Å². The summed E-state index contributed by atoms with van der Waals surface area (Å²) in [5, 5.41) is 7.96. The smallest absolute Gasteiger partial charge is 0.318 e. The first kappa shape index (κ1) is 20.0. The number of pyridine rings is 1. The van der Waals surface area contributed by atoms with E-state index in [1.807, 2.05) is 29.2 Å². The second kappa shape index (κ2) is 8.59. The summed E-state index contributed by atoms with van der Waals surface area (Å²) < 4.78 is 0. The zero-order chi connectivity index (χ0) is 20.4. The van der Waals surface area contributed by atoms with E-state index in [0.717, 1.165) is 60.5 Å². The molecule has 154 valence electrons. The topological polar surface area (TPSA) is 86.5 Å². The van der Waals surface area contributed by atoms with E-state index < -0.39 is 0 Å². The Labute approximate surface area is 180 Å². The Morgan fingerprint density at radius 2 is 2.03 bits per heavy atom. The van der Waals surface area contributed by atoms with Crippen LogP contribution >= 0.6 is 23.8 Å². The number of hydrogen-bond donors (Lipinski definition) is 3. The van der Waals surface area contributed by atoms with Gasteiger partial charge in [-0.2, -0.15) is 0 Å². The average Bonchev–Trinajstić information content (AvgIpc) is 2.91. The molecule has 3 heterocycles. The van der Waals surface area contributed by atoms with Crippen molar-refractivity contribution < 1.29 is 4.79 Å². The van der Waals surface area contributed by atoms with E-state index >= 15 is 0 Å². The van der Waals surface area contributed by atoms with Crippen LogP contribution in [-0.2, 0) is 0 Å². The summed E-state index contributed by atoms with van der Waals surface area (Å²) in [4.78, 5) is 22.0. The van der Waals surface area contributed by atoms with Crippen LogP contribution in [-0.4, -0.2) is 59.7 Å². The van der Waals surface area contributed by atoms with E-state index in [1.165, 1.54) is 0 Å². The number of hydrogen-bond acceptors (Lipinski definition) is 5. The predicted octanol–water partition coefficient (Wildman–Crippen LogP) is 2.77. The standard InChI is InChI=1S/C20H25ClN6OS/c21-13-4-5-14-16(11-13)24-18(22)12-17(14)26-7-9-27(10-8-26)20(28)25-15-3-1-2-6-23-19(15)29/h4-5,11-12,15H,1-3,6-10H2,(H2,22,24)(H,23,29)(H,25,28). The molecule has 2 fully saturated rings. The van der Waals surface area contributed by atoms with Gasteiger partial charge in [-0.15, -0.1) is 0 Å². The molecule has 2 aliphatic heterocycles. The summed E-state index contributed by atoms with van der Waals surface area (Å²) in [7, 11) is 0. The highest BCUT2D eigenvalue weighted by Gasteiger charge is 2.26. The van der Waals surface area contributed by atoms with Crippen LogP contribution in [0.25, 0.3) is 10.9 Å². The normalized spacial score (nSPS) is 20.3. The van der Waals surface area contributed by atoms with Crippen LogP contribution in [0.1, 0.15) is 19.3 Å². The zero-order valence-corrected chi connectivity index (χ0v) is 17.7. The molecule has 29 heavy (non-hydrogen) atoms. The molecule has 0 saturated carbocycles. The van der Waals surface area contributed by atoms with E-state index in [4.69, 9.17) is 29.6 Å². The fraction of sp³-hybridized carbons (Fsp3) is 0.450. The van der Waals surface area contributed by atoms with Crippen molar-refractivity contribution in [2.75, 3.05) is 43.4 Å². The third-order valence-corrected chi connectivity index (χ3v) is 6.17. The molecule has 0 aliphatic carbocycles. The lowest BCUT2D eigenvalue weighted by Crippen LogP contribution is -2.55. The highest BCUT2D eigenvalue weighted by molar-refractivity contribution is 7.80. The SMILES string of the molecule is Nc1cc(N2CCN(C(=O)NC3CCCCNC3=S)CC2)c2ccc(Cl)cc2n1. The van der Waals surface area contributed by atoms with Crippen LogP contribution in [0.3, 0.4) is 0 Å². The van der Waals surface area contributed by atoms with Crippen LogP contribution in [0.4, 0.5) is 16.3 Å². The van der Waals surface area contributed by atoms with Crippen molar-refractivity contribution in [3.63, 3.8) is 0 Å². The Hall–Kier alpha value is -2.32. The number of benzene rings is 1. The van der Waals surface area contributed by atoms with Gasteiger partial charge in [0.2, 0.25) is 0 Å². The largest absolute Gasteiger partial charge is 0.384 e. The van der Waals surface area contributed by atoms with Crippen molar-refractivity contribution in [1.82, 2.24) is 20.5 Å². The van der Waals surface area contributed by atoms with E-state index in [0.29, 0.717) is 23.9 Å². The molecular weight excluding hydrogens is 408 g/mol. The maximum atomic E-state index is 12.7. The summed E-state index contributed by atoms with van der Waals surface area (Å²) in [6, 6.07) is 7.42. The number of carbonyl (C=O) groups excluding carboxylic acids is 1. The number of urea groups is 1. The highest BCUT2D eigenvalue weighted by atomic mass is 35.5. The molecule has 4 N–H and O–H groups in total. The first-order chi connectivity index (χ1) is 14.0. The maximum Gasteiger partial charge on any atom is 0.318 e. The van der Waals surface area contributed by atoms with Gasteiger partial charge in [-0.25, -0.2) is 9.78 Å². The van der Waals surface area contributed by atoms with Crippen molar-refractivity contribution in [2.24, 2.45) is 0 Å². The van der Waals surface area contributed by atoms with Gasteiger partial charge in [-0.1, -0.05) is 23.8 Å². The van der Waals surface area contributed by atoms with Gasteiger partial charge in [0.1, 0.15) is 5.82 Å². The second-order valence-corrected chi connectivity index (χ2v) is 8.37. The van der Waals surface area contributed by atoms with Gasteiger partial charge in [0, 0.05) is 54.9 Å². The fourth-order valence-electron chi connectivity index (χ4n) is 3.93.